The Morgan fingerprint density at radius 3 is 2.92 bits per heavy atom. The minimum absolute atomic E-state index is 0.429. The Balaban J connectivity index is 1.43. The largest absolute Gasteiger partial charge is 0.369 e. The van der Waals surface area contributed by atoms with E-state index >= 15 is 0 Å². The molecule has 1 aliphatic rings. The fourth-order valence-electron chi connectivity index (χ4n) is 3.05. The second-order valence-electron chi connectivity index (χ2n) is 6.23. The third kappa shape index (κ3) is 4.95. The van der Waals surface area contributed by atoms with Gasteiger partial charge in [0.15, 0.2) is 5.96 Å². The summed E-state index contributed by atoms with van der Waals surface area (Å²) in [6, 6.07) is 11.0. The van der Waals surface area contributed by atoms with Gasteiger partial charge in [-0.3, -0.25) is 4.99 Å². The van der Waals surface area contributed by atoms with Crippen LogP contribution in [0.25, 0.3) is 0 Å². The molecule has 0 amide bonds. The van der Waals surface area contributed by atoms with Crippen molar-refractivity contribution in [3.8, 4) is 0 Å². The Hall–Kier alpha value is -2.08. The molecule has 0 spiro atoms. The van der Waals surface area contributed by atoms with Crippen LogP contribution in [0.4, 0.5) is 5.69 Å². The van der Waals surface area contributed by atoms with E-state index < -0.39 is 0 Å². The number of aromatic nitrogens is 1. The number of rotatable bonds is 6. The molecule has 1 aliphatic heterocycles. The fraction of sp³-hybridized carbons (Fsp3) is 0.474. The third-order valence-corrected chi connectivity index (χ3v) is 5.66. The zero-order valence-electron chi connectivity index (χ0n) is 15.0. The van der Waals surface area contributed by atoms with Crippen molar-refractivity contribution in [2.75, 3.05) is 31.6 Å². The van der Waals surface area contributed by atoms with Crippen LogP contribution in [0.5, 0.6) is 0 Å². The predicted octanol–water partition coefficient (Wildman–Crippen LogP) is 2.69. The van der Waals surface area contributed by atoms with Gasteiger partial charge in [0.2, 0.25) is 0 Å². The molecular formula is C19H27N5S. The highest BCUT2D eigenvalue weighted by Gasteiger charge is 2.23. The van der Waals surface area contributed by atoms with E-state index in [1.165, 1.54) is 15.6 Å². The average molecular weight is 358 g/mol. The van der Waals surface area contributed by atoms with Crippen molar-refractivity contribution >= 4 is 23.0 Å². The highest BCUT2D eigenvalue weighted by atomic mass is 32.1. The molecule has 1 saturated heterocycles. The molecule has 1 unspecified atom stereocenters. The average Bonchev–Trinajstić information content (AvgIpc) is 3.31. The summed E-state index contributed by atoms with van der Waals surface area (Å²) in [6.45, 7) is 5.11. The Bertz CT molecular complexity index is 682. The van der Waals surface area contributed by atoms with Gasteiger partial charge in [0.05, 0.1) is 5.01 Å². The van der Waals surface area contributed by atoms with Gasteiger partial charge >= 0.3 is 0 Å². The molecule has 0 saturated carbocycles. The Morgan fingerprint density at radius 2 is 2.20 bits per heavy atom. The molecule has 2 aromatic rings. The van der Waals surface area contributed by atoms with Gasteiger partial charge in [-0.25, -0.2) is 4.98 Å². The van der Waals surface area contributed by atoms with Crippen LogP contribution in [0.15, 0.2) is 41.5 Å². The number of hydrogen-bond donors (Lipinski definition) is 2. The van der Waals surface area contributed by atoms with Gasteiger partial charge in [0.25, 0.3) is 0 Å². The highest BCUT2D eigenvalue weighted by Crippen LogP contribution is 2.19. The minimum Gasteiger partial charge on any atom is -0.369 e. The lowest BCUT2D eigenvalue weighted by Gasteiger charge is -2.20. The summed E-state index contributed by atoms with van der Waals surface area (Å²) in [7, 11) is 1.83. The first-order chi connectivity index (χ1) is 12.3. The van der Waals surface area contributed by atoms with Gasteiger partial charge in [0.1, 0.15) is 0 Å². The lowest BCUT2D eigenvalue weighted by molar-refractivity contribution is 0.648. The molecule has 1 aromatic carbocycles. The molecule has 0 bridgehead atoms. The maximum atomic E-state index is 4.47. The lowest BCUT2D eigenvalue weighted by atomic mass is 10.3. The van der Waals surface area contributed by atoms with Gasteiger partial charge in [-0.1, -0.05) is 25.1 Å². The molecule has 5 nitrogen and oxygen atoms in total. The molecule has 2 heterocycles. The second-order valence-corrected chi connectivity index (χ2v) is 7.43. The summed E-state index contributed by atoms with van der Waals surface area (Å²) in [5.41, 5.74) is 1.30. The zero-order valence-corrected chi connectivity index (χ0v) is 15.9. The molecular weight excluding hydrogens is 330 g/mol. The lowest BCUT2D eigenvalue weighted by Crippen LogP contribution is -2.45. The molecule has 6 heteroatoms. The first kappa shape index (κ1) is 17.7. The number of aryl methyl sites for hydroxylation is 1. The molecule has 0 aliphatic carbocycles. The normalized spacial score (nSPS) is 17.8. The third-order valence-electron chi connectivity index (χ3n) is 4.46. The van der Waals surface area contributed by atoms with E-state index in [9.17, 15) is 0 Å². The van der Waals surface area contributed by atoms with E-state index in [2.05, 4.69) is 62.8 Å². The zero-order chi connectivity index (χ0) is 17.5. The van der Waals surface area contributed by atoms with Crippen LogP contribution < -0.4 is 15.5 Å². The van der Waals surface area contributed by atoms with Crippen LogP contribution in [-0.4, -0.2) is 43.7 Å². The predicted molar refractivity (Wildman–Crippen MR) is 107 cm³/mol. The second kappa shape index (κ2) is 8.85. The number of aliphatic imine (C=N–C) groups is 1. The van der Waals surface area contributed by atoms with Gasteiger partial charge in [-0.15, -0.1) is 11.3 Å². The number of nitrogens with zero attached hydrogens (tertiary/aromatic N) is 3. The standard InChI is InChI=1S/C19H27N5S/c1-3-17-13-22-18(25-17)9-11-21-19(20-2)23-15-10-12-24(14-15)16-7-5-4-6-8-16/h4-8,13,15H,3,9-12,14H2,1-2H3,(H2,20,21,23). The first-order valence-electron chi connectivity index (χ1n) is 8.99. The van der Waals surface area contributed by atoms with Crippen molar-refractivity contribution in [3.63, 3.8) is 0 Å². The Labute approximate surface area is 154 Å². The van der Waals surface area contributed by atoms with Crippen molar-refractivity contribution in [1.29, 1.82) is 0 Å². The molecule has 3 rings (SSSR count). The van der Waals surface area contributed by atoms with E-state index in [1.807, 2.05) is 13.2 Å². The summed E-state index contributed by atoms with van der Waals surface area (Å²) in [4.78, 5) is 12.6. The van der Waals surface area contributed by atoms with Crippen LogP contribution in [0.3, 0.4) is 0 Å². The van der Waals surface area contributed by atoms with E-state index in [0.29, 0.717) is 6.04 Å². The number of hydrogen-bond acceptors (Lipinski definition) is 4. The SMILES string of the molecule is CCc1cnc(CCNC(=NC)NC2CCN(c3ccccc3)C2)s1. The molecule has 134 valence electrons. The van der Waals surface area contributed by atoms with Crippen LogP contribution >= 0.6 is 11.3 Å². The summed E-state index contributed by atoms with van der Waals surface area (Å²) in [5.74, 6) is 0.882. The van der Waals surface area contributed by atoms with Gasteiger partial charge in [0, 0.05) is 55.9 Å². The van der Waals surface area contributed by atoms with Crippen LogP contribution in [0.1, 0.15) is 23.2 Å². The quantitative estimate of drug-likeness (QED) is 0.616. The molecule has 2 N–H and O–H groups in total. The Morgan fingerprint density at radius 1 is 1.36 bits per heavy atom. The first-order valence-corrected chi connectivity index (χ1v) is 9.81. The van der Waals surface area contributed by atoms with Crippen LogP contribution in [0.2, 0.25) is 0 Å². The van der Waals surface area contributed by atoms with Crippen molar-refractivity contribution in [3.05, 3.63) is 46.4 Å². The maximum Gasteiger partial charge on any atom is 0.191 e. The molecule has 0 radical (unpaired) electrons. The minimum atomic E-state index is 0.429. The van der Waals surface area contributed by atoms with Crippen molar-refractivity contribution in [2.24, 2.45) is 4.99 Å². The number of benzene rings is 1. The van der Waals surface area contributed by atoms with E-state index in [0.717, 1.165) is 44.9 Å². The summed E-state index contributed by atoms with van der Waals surface area (Å²) >= 11 is 1.80. The number of para-hydroxylation sites is 1. The monoisotopic (exact) mass is 357 g/mol. The molecule has 25 heavy (non-hydrogen) atoms. The Kier molecular flexibility index (Phi) is 6.28. The number of thiazole rings is 1. The van der Waals surface area contributed by atoms with Crippen molar-refractivity contribution in [1.82, 2.24) is 15.6 Å². The van der Waals surface area contributed by atoms with Crippen molar-refractivity contribution < 1.29 is 0 Å². The van der Waals surface area contributed by atoms with E-state index in [-0.39, 0.29) is 0 Å². The van der Waals surface area contributed by atoms with Crippen molar-refractivity contribution in [2.45, 2.75) is 32.2 Å². The summed E-state index contributed by atoms with van der Waals surface area (Å²) in [5, 5.41) is 8.15. The van der Waals surface area contributed by atoms with Crippen LogP contribution in [-0.2, 0) is 12.8 Å². The van der Waals surface area contributed by atoms with Gasteiger partial charge in [-0.2, -0.15) is 0 Å². The fourth-order valence-corrected chi connectivity index (χ4v) is 3.92. The molecule has 1 aromatic heterocycles. The summed E-state index contributed by atoms with van der Waals surface area (Å²) in [6.07, 6.45) is 5.12. The highest BCUT2D eigenvalue weighted by molar-refractivity contribution is 7.11. The van der Waals surface area contributed by atoms with E-state index in [1.54, 1.807) is 11.3 Å². The number of anilines is 1. The number of guanidine groups is 1. The summed E-state index contributed by atoms with van der Waals surface area (Å²) < 4.78 is 0. The smallest absolute Gasteiger partial charge is 0.191 e. The van der Waals surface area contributed by atoms with Crippen LogP contribution in [0, 0.1) is 0 Å². The van der Waals surface area contributed by atoms with Gasteiger partial charge in [-0.05, 0) is 25.0 Å². The topological polar surface area (TPSA) is 52.6 Å². The number of nitrogens with one attached hydrogen (secondary N) is 2. The van der Waals surface area contributed by atoms with Gasteiger partial charge < -0.3 is 15.5 Å². The molecule has 1 atom stereocenters. The van der Waals surface area contributed by atoms with E-state index in [4.69, 9.17) is 0 Å². The molecule has 1 fully saturated rings. The maximum absolute atomic E-state index is 4.47.